The SMILES string of the molecule is CCc1cc(NCCCc2n[nH]c(C)n2)nc(-c2ccc([N+](=O)[O-])cc2)n1. The van der Waals surface area contributed by atoms with E-state index in [-0.39, 0.29) is 5.69 Å². The van der Waals surface area contributed by atoms with Crippen LogP contribution in [0.1, 0.15) is 30.7 Å². The van der Waals surface area contributed by atoms with Gasteiger partial charge in [0.05, 0.1) is 4.92 Å². The van der Waals surface area contributed by atoms with Crippen molar-refractivity contribution in [3.05, 3.63) is 57.8 Å². The molecule has 0 saturated carbocycles. The third-order valence-corrected chi connectivity index (χ3v) is 4.00. The van der Waals surface area contributed by atoms with Crippen LogP contribution >= 0.6 is 0 Å². The molecular formula is C18H21N7O2. The van der Waals surface area contributed by atoms with Crippen molar-refractivity contribution in [3.63, 3.8) is 0 Å². The Hall–Kier alpha value is -3.36. The lowest BCUT2D eigenvalue weighted by Crippen LogP contribution is -2.07. The van der Waals surface area contributed by atoms with Gasteiger partial charge < -0.3 is 5.32 Å². The molecule has 0 bridgehead atoms. The first-order chi connectivity index (χ1) is 13.0. The molecule has 0 fully saturated rings. The highest BCUT2D eigenvalue weighted by molar-refractivity contribution is 5.59. The van der Waals surface area contributed by atoms with Crippen LogP contribution in [-0.2, 0) is 12.8 Å². The summed E-state index contributed by atoms with van der Waals surface area (Å²) in [6.07, 6.45) is 2.42. The summed E-state index contributed by atoms with van der Waals surface area (Å²) in [6, 6.07) is 8.18. The lowest BCUT2D eigenvalue weighted by atomic mass is 10.2. The number of non-ortho nitro benzene ring substituents is 1. The summed E-state index contributed by atoms with van der Waals surface area (Å²) in [6.45, 7) is 4.63. The highest BCUT2D eigenvalue weighted by atomic mass is 16.6. The van der Waals surface area contributed by atoms with E-state index in [1.807, 2.05) is 19.9 Å². The molecule has 0 aliphatic carbocycles. The van der Waals surface area contributed by atoms with Crippen molar-refractivity contribution in [2.45, 2.75) is 33.1 Å². The van der Waals surface area contributed by atoms with Crippen molar-refractivity contribution in [3.8, 4) is 11.4 Å². The van der Waals surface area contributed by atoms with Crippen molar-refractivity contribution >= 4 is 11.5 Å². The van der Waals surface area contributed by atoms with E-state index in [2.05, 4.69) is 30.5 Å². The first kappa shape index (κ1) is 18.4. The summed E-state index contributed by atoms with van der Waals surface area (Å²) >= 11 is 0. The number of aromatic nitrogens is 5. The minimum absolute atomic E-state index is 0.0472. The van der Waals surface area contributed by atoms with Crippen LogP contribution in [0.5, 0.6) is 0 Å². The van der Waals surface area contributed by atoms with Crippen LogP contribution in [0.15, 0.2) is 30.3 Å². The number of aromatic amines is 1. The Labute approximate surface area is 156 Å². The molecule has 0 saturated heterocycles. The molecule has 1 aromatic carbocycles. The minimum Gasteiger partial charge on any atom is -0.370 e. The first-order valence-corrected chi connectivity index (χ1v) is 8.79. The van der Waals surface area contributed by atoms with Gasteiger partial charge in [0.2, 0.25) is 0 Å². The lowest BCUT2D eigenvalue weighted by Gasteiger charge is -2.09. The molecule has 3 aromatic rings. The first-order valence-electron chi connectivity index (χ1n) is 8.79. The standard InChI is InChI=1S/C18H21N7O2/c1-3-14-11-17(19-10-4-5-16-20-12(2)23-24-16)22-18(21-14)13-6-8-15(9-7-13)25(26)27/h6-9,11H,3-5,10H2,1-2H3,(H,19,21,22)(H,20,23,24). The highest BCUT2D eigenvalue weighted by Gasteiger charge is 2.09. The van der Waals surface area contributed by atoms with Crippen LogP contribution in [0, 0.1) is 17.0 Å². The summed E-state index contributed by atoms with van der Waals surface area (Å²) in [5, 5.41) is 21.1. The fraction of sp³-hybridized carbons (Fsp3) is 0.333. The maximum Gasteiger partial charge on any atom is 0.269 e. The molecule has 27 heavy (non-hydrogen) atoms. The van der Waals surface area contributed by atoms with Gasteiger partial charge in [0, 0.05) is 42.4 Å². The van der Waals surface area contributed by atoms with Gasteiger partial charge in [-0.15, -0.1) is 0 Å². The molecule has 0 atom stereocenters. The number of hydrogen-bond donors (Lipinski definition) is 2. The van der Waals surface area contributed by atoms with Crippen molar-refractivity contribution in [1.82, 2.24) is 25.1 Å². The fourth-order valence-corrected chi connectivity index (χ4v) is 2.59. The maximum absolute atomic E-state index is 10.8. The van der Waals surface area contributed by atoms with Gasteiger partial charge in [-0.25, -0.2) is 15.0 Å². The highest BCUT2D eigenvalue weighted by Crippen LogP contribution is 2.21. The van der Waals surface area contributed by atoms with Crippen molar-refractivity contribution in [1.29, 1.82) is 0 Å². The molecule has 140 valence electrons. The Morgan fingerprint density at radius 1 is 1.19 bits per heavy atom. The van der Waals surface area contributed by atoms with Crippen molar-refractivity contribution in [2.75, 3.05) is 11.9 Å². The molecule has 2 heterocycles. The second kappa shape index (κ2) is 8.35. The molecule has 0 aliphatic rings. The van der Waals surface area contributed by atoms with Crippen molar-refractivity contribution in [2.24, 2.45) is 0 Å². The molecule has 0 spiro atoms. The monoisotopic (exact) mass is 367 g/mol. The van der Waals surface area contributed by atoms with E-state index in [0.29, 0.717) is 5.82 Å². The summed E-state index contributed by atoms with van der Waals surface area (Å²) in [4.78, 5) is 23.7. The molecule has 0 unspecified atom stereocenters. The Balaban J connectivity index is 1.68. The fourth-order valence-electron chi connectivity index (χ4n) is 2.59. The number of benzene rings is 1. The van der Waals surface area contributed by atoms with Gasteiger partial charge in [-0.3, -0.25) is 15.2 Å². The number of nitro benzene ring substituents is 1. The molecular weight excluding hydrogens is 346 g/mol. The Kier molecular flexibility index (Phi) is 5.70. The van der Waals surface area contributed by atoms with E-state index in [9.17, 15) is 10.1 Å². The minimum atomic E-state index is -0.421. The summed E-state index contributed by atoms with van der Waals surface area (Å²) < 4.78 is 0. The van der Waals surface area contributed by atoms with Gasteiger partial charge in [-0.1, -0.05) is 6.92 Å². The molecule has 0 aliphatic heterocycles. The number of rotatable bonds is 8. The van der Waals surface area contributed by atoms with Crippen LogP contribution in [0.25, 0.3) is 11.4 Å². The lowest BCUT2D eigenvalue weighted by molar-refractivity contribution is -0.384. The van der Waals surface area contributed by atoms with Gasteiger partial charge in [0.1, 0.15) is 11.6 Å². The third kappa shape index (κ3) is 4.84. The van der Waals surface area contributed by atoms with E-state index in [1.165, 1.54) is 12.1 Å². The zero-order valence-electron chi connectivity index (χ0n) is 15.3. The second-order valence-corrected chi connectivity index (χ2v) is 6.09. The normalized spacial score (nSPS) is 10.7. The smallest absolute Gasteiger partial charge is 0.269 e. The largest absolute Gasteiger partial charge is 0.370 e. The van der Waals surface area contributed by atoms with E-state index >= 15 is 0 Å². The van der Waals surface area contributed by atoms with E-state index in [4.69, 9.17) is 0 Å². The number of aryl methyl sites for hydroxylation is 3. The molecule has 9 heteroatoms. The Morgan fingerprint density at radius 2 is 1.96 bits per heavy atom. The second-order valence-electron chi connectivity index (χ2n) is 6.09. The molecule has 0 radical (unpaired) electrons. The average Bonchev–Trinajstić information content (AvgIpc) is 3.10. The van der Waals surface area contributed by atoms with Crippen LogP contribution in [0.3, 0.4) is 0 Å². The number of H-pyrrole nitrogens is 1. The number of nitro groups is 1. The third-order valence-electron chi connectivity index (χ3n) is 4.00. The van der Waals surface area contributed by atoms with Gasteiger partial charge in [0.15, 0.2) is 11.6 Å². The molecule has 3 rings (SSSR count). The molecule has 2 aromatic heterocycles. The van der Waals surface area contributed by atoms with Crippen LogP contribution in [0.2, 0.25) is 0 Å². The maximum atomic E-state index is 10.8. The van der Waals surface area contributed by atoms with E-state index < -0.39 is 4.92 Å². The Morgan fingerprint density at radius 3 is 2.59 bits per heavy atom. The number of anilines is 1. The van der Waals surface area contributed by atoms with E-state index in [0.717, 1.165) is 54.5 Å². The predicted octanol–water partition coefficient (Wildman–Crippen LogP) is 3.09. The quantitative estimate of drug-likeness (QED) is 0.356. The number of nitrogens with zero attached hydrogens (tertiary/aromatic N) is 5. The number of hydrogen-bond acceptors (Lipinski definition) is 7. The summed E-state index contributed by atoms with van der Waals surface area (Å²) in [7, 11) is 0. The molecule has 0 amide bonds. The molecule has 9 nitrogen and oxygen atoms in total. The van der Waals surface area contributed by atoms with Gasteiger partial charge in [0.25, 0.3) is 5.69 Å². The summed E-state index contributed by atoms with van der Waals surface area (Å²) in [5.41, 5.74) is 1.70. The Bertz CT molecular complexity index is 922. The molecule has 2 N–H and O–H groups in total. The number of nitrogens with one attached hydrogen (secondary N) is 2. The van der Waals surface area contributed by atoms with Crippen molar-refractivity contribution < 1.29 is 4.92 Å². The van der Waals surface area contributed by atoms with Crippen LogP contribution < -0.4 is 5.32 Å². The predicted molar refractivity (Wildman–Crippen MR) is 101 cm³/mol. The van der Waals surface area contributed by atoms with E-state index in [1.54, 1.807) is 12.1 Å². The van der Waals surface area contributed by atoms with Gasteiger partial charge >= 0.3 is 0 Å². The van der Waals surface area contributed by atoms with Gasteiger partial charge in [-0.2, -0.15) is 5.10 Å². The van der Waals surface area contributed by atoms with Gasteiger partial charge in [-0.05, 0) is 31.9 Å². The summed E-state index contributed by atoms with van der Waals surface area (Å²) in [5.74, 6) is 2.91. The van der Waals surface area contributed by atoms with Crippen LogP contribution in [-0.4, -0.2) is 36.6 Å². The van der Waals surface area contributed by atoms with Crippen LogP contribution in [0.4, 0.5) is 11.5 Å². The zero-order valence-corrected chi connectivity index (χ0v) is 15.3. The zero-order chi connectivity index (χ0) is 19.2. The average molecular weight is 367 g/mol. The topological polar surface area (TPSA) is 123 Å².